The lowest BCUT2D eigenvalue weighted by Gasteiger charge is -2.02. The summed E-state index contributed by atoms with van der Waals surface area (Å²) in [6, 6.07) is 7.88. The van der Waals surface area contributed by atoms with Gasteiger partial charge in [-0.15, -0.1) is 11.3 Å². The van der Waals surface area contributed by atoms with Crippen LogP contribution in [0.3, 0.4) is 0 Å². The molecular formula is C11H10N4S2. The van der Waals surface area contributed by atoms with E-state index in [0.29, 0.717) is 5.13 Å². The standard InChI is InChI=1S/C11H10N4S2/c12-11-15-8(5-17-11)9(16)10-13-6-3-1-2-4-7(6)14-10/h1-5,9,16H,(H2,12,15)(H,13,14). The first-order valence-electron chi connectivity index (χ1n) is 5.07. The zero-order valence-electron chi connectivity index (χ0n) is 8.79. The molecule has 2 aromatic heterocycles. The van der Waals surface area contributed by atoms with Gasteiger partial charge in [0, 0.05) is 5.38 Å². The largest absolute Gasteiger partial charge is 0.375 e. The summed E-state index contributed by atoms with van der Waals surface area (Å²) in [6.07, 6.45) is 0. The highest BCUT2D eigenvalue weighted by Gasteiger charge is 2.16. The number of benzene rings is 1. The van der Waals surface area contributed by atoms with Crippen molar-refractivity contribution in [2.75, 3.05) is 5.73 Å². The molecule has 3 rings (SSSR count). The molecule has 0 amide bonds. The molecule has 0 aliphatic carbocycles. The van der Waals surface area contributed by atoms with Crippen molar-refractivity contribution in [3.63, 3.8) is 0 Å². The third kappa shape index (κ3) is 1.89. The van der Waals surface area contributed by atoms with Gasteiger partial charge in [0.1, 0.15) is 11.1 Å². The molecule has 1 atom stereocenters. The summed E-state index contributed by atoms with van der Waals surface area (Å²) in [5.41, 5.74) is 8.38. The molecule has 86 valence electrons. The van der Waals surface area contributed by atoms with E-state index in [1.54, 1.807) is 0 Å². The first-order chi connectivity index (χ1) is 8.24. The Labute approximate surface area is 107 Å². The second kappa shape index (κ2) is 4.05. The third-order valence-electron chi connectivity index (χ3n) is 2.49. The van der Waals surface area contributed by atoms with E-state index in [-0.39, 0.29) is 5.25 Å². The number of aromatic nitrogens is 3. The molecule has 0 spiro atoms. The molecule has 6 heteroatoms. The van der Waals surface area contributed by atoms with E-state index in [4.69, 9.17) is 5.73 Å². The number of para-hydroxylation sites is 2. The van der Waals surface area contributed by atoms with Crippen LogP contribution < -0.4 is 5.73 Å². The minimum absolute atomic E-state index is 0.170. The van der Waals surface area contributed by atoms with Gasteiger partial charge in [-0.05, 0) is 12.1 Å². The van der Waals surface area contributed by atoms with Gasteiger partial charge in [0.05, 0.1) is 16.7 Å². The number of anilines is 1. The zero-order valence-corrected chi connectivity index (χ0v) is 10.5. The summed E-state index contributed by atoms with van der Waals surface area (Å²) in [4.78, 5) is 11.9. The summed E-state index contributed by atoms with van der Waals surface area (Å²) in [5, 5.41) is 2.28. The number of fused-ring (bicyclic) bond motifs is 1. The number of nitrogens with zero attached hydrogens (tertiary/aromatic N) is 2. The SMILES string of the molecule is Nc1nc(C(S)c2nc3ccccc3[nH]2)cs1. The van der Waals surface area contributed by atoms with Crippen LogP contribution in [0.2, 0.25) is 0 Å². The Morgan fingerprint density at radius 2 is 2.12 bits per heavy atom. The lowest BCUT2D eigenvalue weighted by molar-refractivity contribution is 0.985. The Bertz CT molecular complexity index is 625. The van der Waals surface area contributed by atoms with Gasteiger partial charge in [0.15, 0.2) is 5.13 Å². The zero-order chi connectivity index (χ0) is 11.8. The summed E-state index contributed by atoms with van der Waals surface area (Å²) >= 11 is 5.94. The van der Waals surface area contributed by atoms with Crippen LogP contribution in [0.25, 0.3) is 11.0 Å². The summed E-state index contributed by atoms with van der Waals surface area (Å²) in [6.45, 7) is 0. The van der Waals surface area contributed by atoms with Crippen molar-refractivity contribution >= 4 is 40.1 Å². The number of hydrogen-bond donors (Lipinski definition) is 3. The van der Waals surface area contributed by atoms with Gasteiger partial charge in [-0.1, -0.05) is 12.1 Å². The molecule has 0 saturated heterocycles. The van der Waals surface area contributed by atoms with E-state index < -0.39 is 0 Å². The van der Waals surface area contributed by atoms with Gasteiger partial charge < -0.3 is 10.7 Å². The Morgan fingerprint density at radius 3 is 2.82 bits per heavy atom. The van der Waals surface area contributed by atoms with E-state index in [1.807, 2.05) is 29.6 Å². The number of thiazole rings is 1. The number of hydrogen-bond acceptors (Lipinski definition) is 5. The highest BCUT2D eigenvalue weighted by Crippen LogP contribution is 2.29. The first-order valence-corrected chi connectivity index (χ1v) is 6.47. The van der Waals surface area contributed by atoms with Gasteiger partial charge in [0.2, 0.25) is 0 Å². The van der Waals surface area contributed by atoms with Crippen LogP contribution in [0.5, 0.6) is 0 Å². The van der Waals surface area contributed by atoms with Gasteiger partial charge in [-0.25, -0.2) is 9.97 Å². The van der Waals surface area contributed by atoms with Crippen LogP contribution in [0.1, 0.15) is 16.8 Å². The van der Waals surface area contributed by atoms with E-state index >= 15 is 0 Å². The summed E-state index contributed by atoms with van der Waals surface area (Å²) < 4.78 is 0. The quantitative estimate of drug-likeness (QED) is 0.622. The second-order valence-corrected chi connectivity index (χ2v) is 5.06. The number of imidazole rings is 1. The number of nitrogens with one attached hydrogen (secondary N) is 1. The number of thiol groups is 1. The lowest BCUT2D eigenvalue weighted by atomic mass is 10.3. The molecule has 0 bridgehead atoms. The molecule has 0 fully saturated rings. The van der Waals surface area contributed by atoms with Crippen LogP contribution in [0.4, 0.5) is 5.13 Å². The molecule has 0 aliphatic rings. The van der Waals surface area contributed by atoms with Crippen molar-refractivity contribution < 1.29 is 0 Å². The van der Waals surface area contributed by atoms with Crippen LogP contribution in [-0.2, 0) is 0 Å². The minimum atomic E-state index is -0.170. The van der Waals surface area contributed by atoms with E-state index in [1.165, 1.54) is 11.3 Å². The molecule has 3 N–H and O–H groups in total. The van der Waals surface area contributed by atoms with E-state index in [0.717, 1.165) is 22.6 Å². The van der Waals surface area contributed by atoms with Crippen LogP contribution in [0.15, 0.2) is 29.6 Å². The molecule has 1 aromatic carbocycles. The van der Waals surface area contributed by atoms with Crippen LogP contribution in [-0.4, -0.2) is 15.0 Å². The van der Waals surface area contributed by atoms with Crippen molar-refractivity contribution in [3.8, 4) is 0 Å². The molecule has 0 radical (unpaired) electrons. The average molecular weight is 262 g/mol. The van der Waals surface area contributed by atoms with Crippen molar-refractivity contribution in [2.45, 2.75) is 5.25 Å². The minimum Gasteiger partial charge on any atom is -0.375 e. The monoisotopic (exact) mass is 262 g/mol. The van der Waals surface area contributed by atoms with E-state index in [2.05, 4.69) is 27.6 Å². The molecule has 1 unspecified atom stereocenters. The maximum atomic E-state index is 5.61. The van der Waals surface area contributed by atoms with Crippen molar-refractivity contribution in [2.24, 2.45) is 0 Å². The first kappa shape index (κ1) is 10.6. The fourth-order valence-electron chi connectivity index (χ4n) is 1.67. The predicted octanol–water partition coefficient (Wildman–Crippen LogP) is 2.62. The van der Waals surface area contributed by atoms with Crippen molar-refractivity contribution in [1.29, 1.82) is 0 Å². The van der Waals surface area contributed by atoms with Crippen molar-refractivity contribution in [3.05, 3.63) is 41.2 Å². The molecule has 2 heterocycles. The van der Waals surface area contributed by atoms with Crippen molar-refractivity contribution in [1.82, 2.24) is 15.0 Å². The fourth-order valence-corrected chi connectivity index (χ4v) is 2.61. The number of aromatic amines is 1. The van der Waals surface area contributed by atoms with Gasteiger partial charge >= 0.3 is 0 Å². The maximum Gasteiger partial charge on any atom is 0.180 e. The number of nitrogens with two attached hydrogens (primary N) is 1. The molecule has 3 aromatic rings. The molecule has 4 nitrogen and oxygen atoms in total. The van der Waals surface area contributed by atoms with Crippen LogP contribution >= 0.6 is 24.0 Å². The third-order valence-corrected chi connectivity index (χ3v) is 3.69. The van der Waals surface area contributed by atoms with Gasteiger partial charge in [-0.2, -0.15) is 12.6 Å². The number of rotatable bonds is 2. The van der Waals surface area contributed by atoms with Crippen LogP contribution in [0, 0.1) is 0 Å². The molecule has 0 saturated carbocycles. The lowest BCUT2D eigenvalue weighted by Crippen LogP contribution is -1.96. The second-order valence-electron chi connectivity index (χ2n) is 3.65. The Kier molecular flexibility index (Phi) is 2.53. The fraction of sp³-hybridized carbons (Fsp3) is 0.0909. The van der Waals surface area contributed by atoms with E-state index in [9.17, 15) is 0 Å². The highest BCUT2D eigenvalue weighted by atomic mass is 32.1. The summed E-state index contributed by atoms with van der Waals surface area (Å²) in [5.74, 6) is 0.792. The maximum absolute atomic E-state index is 5.61. The molecule has 0 aliphatic heterocycles. The smallest absolute Gasteiger partial charge is 0.180 e. The average Bonchev–Trinajstić information content (AvgIpc) is 2.93. The number of H-pyrrole nitrogens is 1. The Hall–Kier alpha value is -1.53. The molecule has 17 heavy (non-hydrogen) atoms. The Morgan fingerprint density at radius 1 is 1.29 bits per heavy atom. The predicted molar refractivity (Wildman–Crippen MR) is 73.4 cm³/mol. The van der Waals surface area contributed by atoms with Gasteiger partial charge in [0.25, 0.3) is 0 Å². The normalized spacial score (nSPS) is 13.0. The number of nitrogen functional groups attached to an aromatic ring is 1. The topological polar surface area (TPSA) is 67.6 Å². The highest BCUT2D eigenvalue weighted by molar-refractivity contribution is 7.80. The summed E-state index contributed by atoms with van der Waals surface area (Å²) in [7, 11) is 0. The molecular weight excluding hydrogens is 252 g/mol. The van der Waals surface area contributed by atoms with Gasteiger partial charge in [-0.3, -0.25) is 0 Å². The Balaban J connectivity index is 2.03.